The summed E-state index contributed by atoms with van der Waals surface area (Å²) in [5.74, 6) is 1.02. The van der Waals surface area contributed by atoms with Crippen molar-refractivity contribution in [3.8, 4) is 0 Å². The summed E-state index contributed by atoms with van der Waals surface area (Å²) in [4.78, 5) is 12.4. The van der Waals surface area contributed by atoms with Crippen LogP contribution in [-0.2, 0) is 11.3 Å². The minimum Gasteiger partial charge on any atom is -0.312 e. The highest BCUT2D eigenvalue weighted by molar-refractivity contribution is 5.86. The fourth-order valence-electron chi connectivity index (χ4n) is 2.79. The number of nitrogens with one attached hydrogen (secondary N) is 1. The summed E-state index contributed by atoms with van der Waals surface area (Å²) in [7, 11) is 0. The van der Waals surface area contributed by atoms with Gasteiger partial charge in [-0.25, -0.2) is 0 Å². The Balaban J connectivity index is 2.12. The molecule has 2 heteroatoms. The lowest BCUT2D eigenvalue weighted by molar-refractivity contribution is -0.121. The molecule has 0 fully saturated rings. The van der Waals surface area contributed by atoms with E-state index in [1.807, 2.05) is 12.1 Å². The van der Waals surface area contributed by atoms with E-state index < -0.39 is 0 Å². The Bertz CT molecular complexity index is 409. The summed E-state index contributed by atoms with van der Waals surface area (Å²) in [6.45, 7) is 6.05. The number of rotatable bonds is 5. The minimum absolute atomic E-state index is 0.0653. The van der Waals surface area contributed by atoms with Gasteiger partial charge in [0.05, 0.1) is 5.92 Å². The average molecular weight is 245 g/mol. The fraction of sp³-hybridized carbons (Fsp3) is 0.562. The number of Topliss-reactive ketones (excluding diaryl/α,β-unsaturated/α-hetero) is 1. The van der Waals surface area contributed by atoms with Gasteiger partial charge >= 0.3 is 0 Å². The molecule has 1 unspecified atom stereocenters. The van der Waals surface area contributed by atoms with Gasteiger partial charge in [0.1, 0.15) is 5.78 Å². The zero-order valence-electron chi connectivity index (χ0n) is 11.4. The normalized spacial score (nSPS) is 18.7. The van der Waals surface area contributed by atoms with Gasteiger partial charge in [0.15, 0.2) is 0 Å². The van der Waals surface area contributed by atoms with Crippen LogP contribution in [0.15, 0.2) is 24.3 Å². The number of carbonyl (C=O) groups excluding carboxylic acids is 1. The fourth-order valence-corrected chi connectivity index (χ4v) is 2.79. The van der Waals surface area contributed by atoms with Crippen molar-refractivity contribution in [2.24, 2.45) is 5.92 Å². The first-order chi connectivity index (χ1) is 8.76. The lowest BCUT2D eigenvalue weighted by Crippen LogP contribution is -2.33. The molecule has 2 nitrogen and oxygen atoms in total. The second-order valence-corrected chi connectivity index (χ2v) is 5.24. The highest BCUT2D eigenvalue weighted by Crippen LogP contribution is 2.27. The third kappa shape index (κ3) is 2.81. The molecule has 0 bridgehead atoms. The third-order valence-electron chi connectivity index (χ3n) is 4.13. The Morgan fingerprint density at radius 3 is 2.78 bits per heavy atom. The van der Waals surface area contributed by atoms with Crippen molar-refractivity contribution < 1.29 is 4.79 Å². The molecule has 2 rings (SSSR count). The Hall–Kier alpha value is -1.15. The lowest BCUT2D eigenvalue weighted by Gasteiger charge is -2.26. The summed E-state index contributed by atoms with van der Waals surface area (Å²) in [5, 5.41) is 3.36. The van der Waals surface area contributed by atoms with E-state index in [-0.39, 0.29) is 5.92 Å². The number of hydrogen-bond donors (Lipinski definition) is 1. The molecule has 1 aliphatic rings. The van der Waals surface area contributed by atoms with Crippen LogP contribution in [-0.4, -0.2) is 12.3 Å². The molecule has 0 radical (unpaired) electrons. The van der Waals surface area contributed by atoms with Crippen LogP contribution in [0.2, 0.25) is 0 Å². The zero-order chi connectivity index (χ0) is 13.0. The highest BCUT2D eigenvalue weighted by atomic mass is 16.1. The molecule has 1 heterocycles. The molecular weight excluding hydrogens is 222 g/mol. The van der Waals surface area contributed by atoms with Gasteiger partial charge in [0.25, 0.3) is 0 Å². The maximum absolute atomic E-state index is 12.4. The van der Waals surface area contributed by atoms with Gasteiger partial charge in [-0.05, 0) is 17.0 Å². The summed E-state index contributed by atoms with van der Waals surface area (Å²) >= 11 is 0. The third-order valence-corrected chi connectivity index (χ3v) is 4.13. The van der Waals surface area contributed by atoms with E-state index in [4.69, 9.17) is 0 Å². The van der Waals surface area contributed by atoms with Crippen LogP contribution in [0.25, 0.3) is 0 Å². The van der Waals surface area contributed by atoms with Crippen molar-refractivity contribution >= 4 is 5.78 Å². The SMILES string of the molecule is CCC(CC)CC(=O)C1CNCc2ccccc21. The molecule has 1 aliphatic heterocycles. The summed E-state index contributed by atoms with van der Waals surface area (Å²) in [6, 6.07) is 8.33. The van der Waals surface area contributed by atoms with Gasteiger partial charge in [-0.1, -0.05) is 51.0 Å². The first-order valence-corrected chi connectivity index (χ1v) is 7.07. The van der Waals surface area contributed by atoms with Gasteiger partial charge in [-0.15, -0.1) is 0 Å². The number of fused-ring (bicyclic) bond motifs is 1. The number of hydrogen-bond acceptors (Lipinski definition) is 2. The second-order valence-electron chi connectivity index (χ2n) is 5.24. The number of benzene rings is 1. The van der Waals surface area contributed by atoms with Gasteiger partial charge in [-0.3, -0.25) is 4.79 Å². The van der Waals surface area contributed by atoms with Crippen LogP contribution >= 0.6 is 0 Å². The molecular formula is C16H23NO. The predicted octanol–water partition coefficient (Wildman–Crippen LogP) is 3.27. The van der Waals surface area contributed by atoms with Gasteiger partial charge < -0.3 is 5.32 Å². The summed E-state index contributed by atoms with van der Waals surface area (Å²) < 4.78 is 0. The molecule has 0 amide bonds. The molecule has 1 atom stereocenters. The Morgan fingerprint density at radius 2 is 2.06 bits per heavy atom. The number of ketones is 1. The molecule has 98 valence electrons. The standard InChI is InChI=1S/C16H23NO/c1-3-12(4-2)9-16(18)15-11-17-10-13-7-5-6-8-14(13)15/h5-8,12,15,17H,3-4,9-11H2,1-2H3. The average Bonchev–Trinajstić information content (AvgIpc) is 2.43. The molecule has 1 aromatic carbocycles. The Labute approximate surface area is 110 Å². The van der Waals surface area contributed by atoms with E-state index in [1.165, 1.54) is 11.1 Å². The summed E-state index contributed by atoms with van der Waals surface area (Å²) in [6.07, 6.45) is 2.93. The lowest BCUT2D eigenvalue weighted by atomic mass is 9.83. The van der Waals surface area contributed by atoms with Gasteiger partial charge in [0, 0.05) is 19.5 Å². The van der Waals surface area contributed by atoms with Gasteiger partial charge in [-0.2, -0.15) is 0 Å². The van der Waals surface area contributed by atoms with Crippen LogP contribution in [0, 0.1) is 5.92 Å². The van der Waals surface area contributed by atoms with Crippen molar-refractivity contribution in [2.75, 3.05) is 6.54 Å². The first-order valence-electron chi connectivity index (χ1n) is 7.07. The molecule has 0 aromatic heterocycles. The van der Waals surface area contributed by atoms with E-state index in [0.29, 0.717) is 11.7 Å². The zero-order valence-corrected chi connectivity index (χ0v) is 11.4. The molecule has 1 N–H and O–H groups in total. The molecule has 0 saturated carbocycles. The van der Waals surface area contributed by atoms with Crippen molar-refractivity contribution in [1.82, 2.24) is 5.32 Å². The minimum atomic E-state index is 0.0653. The second kappa shape index (κ2) is 6.14. The Kier molecular flexibility index (Phi) is 4.54. The molecule has 0 spiro atoms. The molecule has 18 heavy (non-hydrogen) atoms. The van der Waals surface area contributed by atoms with Crippen LogP contribution in [0.3, 0.4) is 0 Å². The van der Waals surface area contributed by atoms with E-state index in [9.17, 15) is 4.79 Å². The summed E-state index contributed by atoms with van der Waals surface area (Å²) in [5.41, 5.74) is 2.53. The van der Waals surface area contributed by atoms with E-state index >= 15 is 0 Å². The highest BCUT2D eigenvalue weighted by Gasteiger charge is 2.26. The van der Waals surface area contributed by atoms with Crippen LogP contribution < -0.4 is 5.32 Å². The molecule has 1 aromatic rings. The van der Waals surface area contributed by atoms with Crippen molar-refractivity contribution in [3.63, 3.8) is 0 Å². The van der Waals surface area contributed by atoms with Crippen LogP contribution in [0.5, 0.6) is 0 Å². The van der Waals surface area contributed by atoms with Crippen LogP contribution in [0.4, 0.5) is 0 Å². The van der Waals surface area contributed by atoms with E-state index in [1.54, 1.807) is 0 Å². The molecule has 0 aliphatic carbocycles. The van der Waals surface area contributed by atoms with Crippen molar-refractivity contribution in [3.05, 3.63) is 35.4 Å². The maximum Gasteiger partial charge on any atom is 0.141 e. The monoisotopic (exact) mass is 245 g/mol. The topological polar surface area (TPSA) is 29.1 Å². The van der Waals surface area contributed by atoms with Crippen molar-refractivity contribution in [1.29, 1.82) is 0 Å². The van der Waals surface area contributed by atoms with E-state index in [2.05, 4.69) is 31.3 Å². The maximum atomic E-state index is 12.4. The van der Waals surface area contributed by atoms with Crippen LogP contribution in [0.1, 0.15) is 50.2 Å². The van der Waals surface area contributed by atoms with Crippen molar-refractivity contribution in [2.45, 2.75) is 45.6 Å². The van der Waals surface area contributed by atoms with Gasteiger partial charge in [0.2, 0.25) is 0 Å². The molecule has 0 saturated heterocycles. The quantitative estimate of drug-likeness (QED) is 0.862. The Morgan fingerprint density at radius 1 is 1.33 bits per heavy atom. The first kappa shape index (κ1) is 13.3. The largest absolute Gasteiger partial charge is 0.312 e. The van der Waals surface area contributed by atoms with E-state index in [0.717, 1.165) is 32.4 Å². The predicted molar refractivity (Wildman–Crippen MR) is 74.6 cm³/mol. The smallest absolute Gasteiger partial charge is 0.141 e. The number of carbonyl (C=O) groups is 1.